The monoisotopic (exact) mass is 676 g/mol. The zero-order chi connectivity index (χ0) is 34.6. The fourth-order valence-electron chi connectivity index (χ4n) is 8.66. The van der Waals surface area contributed by atoms with Crippen LogP contribution in [0.15, 0.2) is 200 Å². The van der Waals surface area contributed by atoms with Gasteiger partial charge in [0.05, 0.1) is 0 Å². The number of benzene rings is 10. The van der Waals surface area contributed by atoms with Gasteiger partial charge in [-0.1, -0.05) is 207 Å². The Bertz CT molecular complexity index is 2850. The first-order valence-electron chi connectivity index (χ1n) is 18.2. The predicted molar refractivity (Wildman–Crippen MR) is 228 cm³/mol. The van der Waals surface area contributed by atoms with Gasteiger partial charge in [0.2, 0.25) is 0 Å². The molecule has 0 spiro atoms. The molecule has 244 valence electrons. The van der Waals surface area contributed by atoms with Crippen molar-refractivity contribution < 1.29 is 0 Å². The van der Waals surface area contributed by atoms with Crippen molar-refractivity contribution >= 4 is 77.5 Å². The molecule has 0 unspecified atom stereocenters. The summed E-state index contributed by atoms with van der Waals surface area (Å²) < 4.78 is 0. The van der Waals surface area contributed by atoms with Gasteiger partial charge >= 0.3 is 0 Å². The topological polar surface area (TPSA) is 0 Å². The normalized spacial score (nSPS) is 11.9. The van der Waals surface area contributed by atoms with Crippen LogP contribution in [0, 0.1) is 0 Å². The average molecular weight is 677 g/mol. The number of fused-ring (bicyclic) bond motifs is 5. The molecule has 0 aliphatic heterocycles. The summed E-state index contributed by atoms with van der Waals surface area (Å²) in [5.41, 5.74) is 5.13. The van der Waals surface area contributed by atoms with E-state index in [9.17, 15) is 0 Å². The van der Waals surface area contributed by atoms with Crippen molar-refractivity contribution in [1.82, 2.24) is 0 Å². The molecule has 0 heterocycles. The lowest BCUT2D eigenvalue weighted by Crippen LogP contribution is -2.64. The molecule has 0 aliphatic rings. The molecule has 0 radical (unpaired) electrons. The second-order valence-electron chi connectivity index (χ2n) is 14.2. The van der Waals surface area contributed by atoms with E-state index in [4.69, 9.17) is 0 Å². The molecular weight excluding hydrogens is 641 g/mol. The van der Waals surface area contributed by atoms with Gasteiger partial charge in [0, 0.05) is 0 Å². The van der Waals surface area contributed by atoms with E-state index in [1.807, 2.05) is 0 Å². The third-order valence-corrected chi connectivity index (χ3v) is 15.8. The lowest BCUT2D eigenvalue weighted by atomic mass is 9.85. The highest BCUT2D eigenvalue weighted by atomic mass is 28.3. The first-order chi connectivity index (χ1) is 25.7. The smallest absolute Gasteiger partial charge is 0.0622 e. The highest BCUT2D eigenvalue weighted by molar-refractivity contribution is 7.10. The first-order valence-corrected chi connectivity index (χ1v) is 20.7. The lowest BCUT2D eigenvalue weighted by molar-refractivity contribution is 1.66. The summed E-state index contributed by atoms with van der Waals surface area (Å²) in [6, 6.07) is 74.8. The first kappa shape index (κ1) is 30.5. The standard InChI is InChI=1S/C51H36Si/c1-52(42-30-28-35-14-2-4-17-38(35)32-42,43-31-29-36-15-3-5-18-39(36)33-43)41-21-12-20-40(34-41)50-46-23-8-10-25-48(46)51(49-26-11-9-24-47(49)50)45-27-13-19-37-16-6-7-22-44(37)45/h2-34H,1H3. The Hall–Kier alpha value is -6.28. The van der Waals surface area contributed by atoms with Gasteiger partial charge in [-0.2, -0.15) is 0 Å². The Morgan fingerprint density at radius 2 is 0.712 bits per heavy atom. The number of hydrogen-bond acceptors (Lipinski definition) is 0. The van der Waals surface area contributed by atoms with E-state index in [1.165, 1.54) is 91.7 Å². The zero-order valence-corrected chi connectivity index (χ0v) is 30.1. The van der Waals surface area contributed by atoms with Gasteiger partial charge in [0.1, 0.15) is 8.07 Å². The van der Waals surface area contributed by atoms with Crippen LogP contribution in [0.25, 0.3) is 76.1 Å². The van der Waals surface area contributed by atoms with Crippen LogP contribution in [0.4, 0.5) is 0 Å². The summed E-state index contributed by atoms with van der Waals surface area (Å²) in [4.78, 5) is 0. The molecule has 0 bridgehead atoms. The van der Waals surface area contributed by atoms with Gasteiger partial charge in [0.25, 0.3) is 0 Å². The summed E-state index contributed by atoms with van der Waals surface area (Å²) in [5, 5.41) is 17.0. The van der Waals surface area contributed by atoms with Gasteiger partial charge in [-0.25, -0.2) is 0 Å². The quantitative estimate of drug-likeness (QED) is 0.0967. The molecule has 10 rings (SSSR count). The van der Waals surface area contributed by atoms with Gasteiger partial charge in [-0.05, 0) is 91.7 Å². The van der Waals surface area contributed by atoms with E-state index in [1.54, 1.807) is 0 Å². The molecule has 10 aromatic rings. The van der Waals surface area contributed by atoms with Crippen molar-refractivity contribution in [3.63, 3.8) is 0 Å². The molecule has 0 amide bonds. The molecule has 0 nitrogen and oxygen atoms in total. The fraction of sp³-hybridized carbons (Fsp3) is 0.0196. The van der Waals surface area contributed by atoms with Gasteiger partial charge in [0.15, 0.2) is 0 Å². The van der Waals surface area contributed by atoms with E-state index in [0.717, 1.165) is 0 Å². The molecule has 0 fully saturated rings. The van der Waals surface area contributed by atoms with Crippen LogP contribution in [-0.2, 0) is 0 Å². The molecule has 0 N–H and O–H groups in total. The highest BCUT2D eigenvalue weighted by Gasteiger charge is 2.35. The number of hydrogen-bond donors (Lipinski definition) is 0. The minimum atomic E-state index is -2.51. The Kier molecular flexibility index (Phi) is 7.16. The fourth-order valence-corrected chi connectivity index (χ4v) is 12.3. The van der Waals surface area contributed by atoms with Crippen LogP contribution in [0.3, 0.4) is 0 Å². The molecule has 0 aliphatic carbocycles. The molecule has 10 aromatic carbocycles. The molecule has 0 aromatic heterocycles. The van der Waals surface area contributed by atoms with Crippen LogP contribution in [0.2, 0.25) is 6.55 Å². The van der Waals surface area contributed by atoms with Crippen molar-refractivity contribution in [1.29, 1.82) is 0 Å². The Morgan fingerprint density at radius 3 is 1.29 bits per heavy atom. The second-order valence-corrected chi connectivity index (χ2v) is 18.2. The van der Waals surface area contributed by atoms with Crippen LogP contribution in [0.1, 0.15) is 0 Å². The largest absolute Gasteiger partial charge is 0.145 e. The zero-order valence-electron chi connectivity index (χ0n) is 29.1. The molecule has 0 saturated carbocycles. The van der Waals surface area contributed by atoms with Gasteiger partial charge in [-0.3, -0.25) is 0 Å². The van der Waals surface area contributed by atoms with Crippen molar-refractivity contribution in [2.75, 3.05) is 0 Å². The molecule has 0 atom stereocenters. The van der Waals surface area contributed by atoms with E-state index >= 15 is 0 Å². The van der Waals surface area contributed by atoms with Crippen molar-refractivity contribution in [3.05, 3.63) is 200 Å². The van der Waals surface area contributed by atoms with Crippen molar-refractivity contribution in [2.45, 2.75) is 6.55 Å². The van der Waals surface area contributed by atoms with Crippen LogP contribution >= 0.6 is 0 Å². The van der Waals surface area contributed by atoms with E-state index < -0.39 is 8.07 Å². The van der Waals surface area contributed by atoms with E-state index in [2.05, 4.69) is 207 Å². The van der Waals surface area contributed by atoms with Gasteiger partial charge in [-0.15, -0.1) is 0 Å². The summed E-state index contributed by atoms with van der Waals surface area (Å²) >= 11 is 0. The predicted octanol–water partition coefficient (Wildman–Crippen LogP) is 11.9. The SMILES string of the molecule is C[Si](c1cccc(-c2c3ccccc3c(-c3cccc4ccccc34)c3ccccc23)c1)(c1ccc2ccccc2c1)c1ccc2ccccc2c1. The Labute approximate surface area is 305 Å². The summed E-state index contributed by atoms with van der Waals surface area (Å²) in [6.45, 7) is 2.54. The highest BCUT2D eigenvalue weighted by Crippen LogP contribution is 2.45. The average Bonchev–Trinajstić information content (AvgIpc) is 3.22. The molecular formula is C51H36Si. The third-order valence-electron chi connectivity index (χ3n) is 11.4. The molecule has 0 saturated heterocycles. The maximum Gasteiger partial charge on any atom is 0.145 e. The summed E-state index contributed by atoms with van der Waals surface area (Å²) in [6.07, 6.45) is 0. The van der Waals surface area contributed by atoms with Crippen molar-refractivity contribution in [3.8, 4) is 22.3 Å². The lowest BCUT2D eigenvalue weighted by Gasteiger charge is -2.31. The molecule has 1 heteroatoms. The van der Waals surface area contributed by atoms with Gasteiger partial charge < -0.3 is 0 Å². The minimum absolute atomic E-state index is 1.26. The Morgan fingerprint density at radius 1 is 0.288 bits per heavy atom. The summed E-state index contributed by atoms with van der Waals surface area (Å²) in [7, 11) is -2.51. The maximum atomic E-state index is 2.54. The van der Waals surface area contributed by atoms with Crippen molar-refractivity contribution in [2.24, 2.45) is 0 Å². The molecule has 52 heavy (non-hydrogen) atoms. The van der Waals surface area contributed by atoms with Crippen LogP contribution < -0.4 is 15.6 Å². The summed E-state index contributed by atoms with van der Waals surface area (Å²) in [5.74, 6) is 0. The van der Waals surface area contributed by atoms with E-state index in [0.29, 0.717) is 0 Å². The van der Waals surface area contributed by atoms with E-state index in [-0.39, 0.29) is 0 Å². The second kappa shape index (κ2) is 12.2. The van der Waals surface area contributed by atoms with Crippen LogP contribution in [-0.4, -0.2) is 8.07 Å². The Balaban J connectivity index is 1.25. The third kappa shape index (κ3) is 4.81. The maximum absolute atomic E-state index is 2.54. The van der Waals surface area contributed by atoms with Crippen LogP contribution in [0.5, 0.6) is 0 Å². The number of rotatable bonds is 5. The minimum Gasteiger partial charge on any atom is -0.0622 e.